The van der Waals surface area contributed by atoms with Crippen molar-refractivity contribution < 1.29 is 38.4 Å². The number of fused-ring (bicyclic) bond motifs is 2. The molecule has 0 saturated carbocycles. The van der Waals surface area contributed by atoms with Gasteiger partial charge in [0.1, 0.15) is 0 Å². The quantitative estimate of drug-likeness (QED) is 0.0395. The van der Waals surface area contributed by atoms with Gasteiger partial charge >= 0.3 is 0 Å². The molecule has 0 radical (unpaired) electrons. The number of carbonyl (C=O) groups excluding carboxylic acids is 8. The number of ketones is 8. The van der Waals surface area contributed by atoms with Crippen molar-refractivity contribution in [3.63, 3.8) is 0 Å². The number of Topliss-reactive ketones (excluding diaryl/α,β-unsaturated/α-hetero) is 8. The minimum absolute atomic E-state index is 0.00197. The Morgan fingerprint density at radius 2 is 0.534 bits per heavy atom. The van der Waals surface area contributed by atoms with Gasteiger partial charge in [-0.15, -0.1) is 0 Å². The van der Waals surface area contributed by atoms with Crippen LogP contribution in [0.15, 0.2) is 315 Å². The van der Waals surface area contributed by atoms with Crippen LogP contribution in [0.5, 0.6) is 0 Å². The normalized spacial score (nSPS) is 10.4. The average molecular weight is 1810 g/mol. The van der Waals surface area contributed by atoms with Crippen molar-refractivity contribution in [1.29, 1.82) is 0 Å². The minimum Gasteiger partial charge on any atom is -0.399 e. The molecular formula is C98H76Cl8INO8. The fourth-order valence-corrected chi connectivity index (χ4v) is 14.2. The third-order valence-electron chi connectivity index (χ3n) is 18.1. The maximum atomic E-state index is 12.3. The van der Waals surface area contributed by atoms with Crippen molar-refractivity contribution in [1.82, 2.24) is 0 Å². The van der Waals surface area contributed by atoms with Crippen molar-refractivity contribution in [2.45, 2.75) is 65.2 Å². The maximum Gasteiger partial charge on any atom is 0.168 e. The van der Waals surface area contributed by atoms with Crippen LogP contribution in [0.1, 0.15) is 143 Å². The van der Waals surface area contributed by atoms with Crippen LogP contribution in [-0.2, 0) is 38.5 Å². The molecule has 14 rings (SSSR count). The molecule has 0 aliphatic carbocycles. The molecular weight excluding hydrogens is 1730 g/mol. The summed E-state index contributed by atoms with van der Waals surface area (Å²) in [5.74, 6) is 0.189. The van der Waals surface area contributed by atoms with Crippen LogP contribution in [0.3, 0.4) is 0 Å². The van der Waals surface area contributed by atoms with E-state index in [1.54, 1.807) is 133 Å². The molecule has 0 spiro atoms. The molecule has 14 aromatic carbocycles. The van der Waals surface area contributed by atoms with Crippen LogP contribution in [0.4, 0.5) is 5.69 Å². The fraction of sp³-hybridized carbons (Fsp3) is 0.102. The number of nitrogens with two attached hydrogens (primary N) is 1. The Kier molecular flexibility index (Phi) is 35.1. The van der Waals surface area contributed by atoms with Gasteiger partial charge in [0, 0.05) is 112 Å². The summed E-state index contributed by atoms with van der Waals surface area (Å²) in [5, 5.41) is 8.52. The minimum atomic E-state index is -0.0403. The Bertz CT molecular complexity index is 5680. The Balaban J connectivity index is 0.000000160. The number of hydrogen-bond donors (Lipinski definition) is 1. The van der Waals surface area contributed by atoms with Gasteiger partial charge in [-0.3, -0.25) is 38.4 Å². The summed E-state index contributed by atoms with van der Waals surface area (Å²) in [6.45, 7) is 3.04. The van der Waals surface area contributed by atoms with Gasteiger partial charge < -0.3 is 5.73 Å². The van der Waals surface area contributed by atoms with Crippen LogP contribution in [-0.4, -0.2) is 46.3 Å². The first-order chi connectivity index (χ1) is 55.7. The van der Waals surface area contributed by atoms with E-state index in [1.807, 2.05) is 121 Å². The molecule has 584 valence electrons. The third kappa shape index (κ3) is 28.6. The average Bonchev–Trinajstić information content (AvgIpc) is 0.810. The number of anilines is 1. The number of rotatable bonds is 22. The Labute approximate surface area is 728 Å². The second kappa shape index (κ2) is 45.4. The maximum absolute atomic E-state index is 12.3. The lowest BCUT2D eigenvalue weighted by atomic mass is 9.99. The number of halogens is 9. The molecule has 0 amide bonds. The number of nitrogen functional groups attached to an aromatic ring is 1. The smallest absolute Gasteiger partial charge is 0.168 e. The van der Waals surface area contributed by atoms with Gasteiger partial charge in [-0.2, -0.15) is 0 Å². The largest absolute Gasteiger partial charge is 0.399 e. The van der Waals surface area contributed by atoms with Gasteiger partial charge in [0.05, 0.1) is 20.1 Å². The first kappa shape index (κ1) is 89.7. The van der Waals surface area contributed by atoms with Gasteiger partial charge in [0.15, 0.2) is 46.3 Å². The van der Waals surface area contributed by atoms with E-state index in [0.29, 0.717) is 135 Å². The first-order valence-corrected chi connectivity index (χ1v) is 40.7. The lowest BCUT2D eigenvalue weighted by molar-refractivity contribution is 0.0974. The second-order valence-electron chi connectivity index (χ2n) is 26.7. The summed E-state index contributed by atoms with van der Waals surface area (Å²) in [7, 11) is 0. The zero-order chi connectivity index (χ0) is 83.2. The topological polar surface area (TPSA) is 163 Å². The molecule has 14 aromatic rings. The summed E-state index contributed by atoms with van der Waals surface area (Å²) in [4.78, 5) is 95.2. The van der Waals surface area contributed by atoms with Gasteiger partial charge in [-0.25, -0.2) is 0 Å². The fourth-order valence-electron chi connectivity index (χ4n) is 11.8. The Hall–Kier alpha value is -10.2. The monoisotopic (exact) mass is 1800 g/mol. The Morgan fingerprint density at radius 1 is 0.259 bits per heavy atom. The lowest BCUT2D eigenvalue weighted by Gasteiger charge is -2.06. The second-order valence-corrected chi connectivity index (χ2v) is 31.3. The molecule has 0 saturated heterocycles. The lowest BCUT2D eigenvalue weighted by Crippen LogP contribution is -2.04. The van der Waals surface area contributed by atoms with E-state index >= 15 is 0 Å². The highest BCUT2D eigenvalue weighted by Gasteiger charge is 2.17. The van der Waals surface area contributed by atoms with Gasteiger partial charge in [0.25, 0.3) is 0 Å². The van der Waals surface area contributed by atoms with Crippen molar-refractivity contribution >= 4 is 189 Å². The van der Waals surface area contributed by atoms with Crippen molar-refractivity contribution in [2.75, 3.05) is 5.73 Å². The predicted molar refractivity (Wildman–Crippen MR) is 487 cm³/mol. The molecule has 0 heterocycles. The number of hydrogen-bond acceptors (Lipinski definition) is 9. The van der Waals surface area contributed by atoms with Crippen molar-refractivity contribution in [3.05, 3.63) is 437 Å². The molecule has 0 bridgehead atoms. The molecule has 0 aromatic heterocycles. The highest BCUT2D eigenvalue weighted by Crippen LogP contribution is 2.29. The van der Waals surface area contributed by atoms with E-state index < -0.39 is 0 Å². The summed E-state index contributed by atoms with van der Waals surface area (Å²) >= 11 is 49.5. The molecule has 0 fully saturated rings. The predicted octanol–water partition coefficient (Wildman–Crippen LogP) is 27.6. The molecule has 0 aliphatic heterocycles. The van der Waals surface area contributed by atoms with Gasteiger partial charge in [0.2, 0.25) is 0 Å². The Morgan fingerprint density at radius 3 is 0.879 bits per heavy atom. The highest BCUT2D eigenvalue weighted by atomic mass is 127. The standard InChI is InChI=1S/C21H18O2.C19H14Cl2O.C16H14O2.C14H9Cl2IO.C14H11Cl2NO.C14H10Cl2O/c1-15(22)17-9-11-19(12-10-17)21(23)13-7-16-6-8-18-4-2-3-5-20(18)14-16;20-16-8-9-17(18(21)12-16)19(22)10-6-13-5-7-14-3-1-2-4-15(14)11-13;1-12(17)14-7-9-15(10-8-14)16(18)11-13-5-3-2-4-6-13;2*15-10-3-6-12(13(16)8-10)14(18)7-9-1-4-11(17)5-2-9;15-11-6-7-12(13(16)9-11)14(17)8-10-4-2-1-3-5-10/h2-6,8-12,14H,7,13H2,1H3;1-5,7-9,11-12H,6,10H2;2-10H,11H2,1H3;1-6,8H,7H2;1-6,8H,7,17H2;1-7,9H,8H2. The zero-order valence-electron chi connectivity index (χ0n) is 62.9. The van der Waals surface area contributed by atoms with Crippen LogP contribution in [0, 0.1) is 3.57 Å². The van der Waals surface area contributed by atoms with Crippen LogP contribution in [0.2, 0.25) is 40.2 Å². The van der Waals surface area contributed by atoms with Crippen molar-refractivity contribution in [2.24, 2.45) is 0 Å². The molecule has 9 nitrogen and oxygen atoms in total. The van der Waals surface area contributed by atoms with Crippen LogP contribution >= 0.6 is 115 Å². The summed E-state index contributed by atoms with van der Waals surface area (Å²) in [6.07, 6.45) is 3.69. The molecule has 18 heteroatoms. The highest BCUT2D eigenvalue weighted by molar-refractivity contribution is 14.1. The molecule has 0 unspecified atom stereocenters. The zero-order valence-corrected chi connectivity index (χ0v) is 71.1. The molecule has 0 aliphatic rings. The van der Waals surface area contributed by atoms with Crippen LogP contribution < -0.4 is 5.73 Å². The summed E-state index contributed by atoms with van der Waals surface area (Å²) < 4.78 is 1.15. The SMILES string of the molecule is CC(=O)c1ccc(C(=O)CCc2ccc3ccccc3c2)cc1.CC(=O)c1ccc(C(=O)Cc2ccccc2)cc1.Nc1ccc(CC(=O)c2ccc(Cl)cc2Cl)cc1.O=C(CCc1ccc2ccccc2c1)c1ccc(Cl)cc1Cl.O=C(Cc1ccc(I)cc1)c1ccc(Cl)cc1Cl.O=C(Cc1ccccc1)c1ccc(Cl)cc1Cl. The van der Waals surface area contributed by atoms with E-state index in [0.717, 1.165) is 43.4 Å². The van der Waals surface area contributed by atoms with E-state index in [9.17, 15) is 38.4 Å². The first-order valence-electron chi connectivity index (χ1n) is 36.6. The van der Waals surface area contributed by atoms with Crippen LogP contribution in [0.25, 0.3) is 21.5 Å². The number of benzene rings is 14. The van der Waals surface area contributed by atoms with Gasteiger partial charge in [-0.05, 0) is 201 Å². The third-order valence-corrected chi connectivity index (χ3v) is 21.0. The molecule has 0 atom stereocenters. The number of carbonyl (C=O) groups is 8. The van der Waals surface area contributed by atoms with E-state index in [2.05, 4.69) is 83.3 Å². The van der Waals surface area contributed by atoms with Crippen molar-refractivity contribution in [3.8, 4) is 0 Å². The summed E-state index contributed by atoms with van der Waals surface area (Å²) in [6, 6.07) is 96.7. The van der Waals surface area contributed by atoms with E-state index in [4.69, 9.17) is 98.5 Å². The van der Waals surface area contributed by atoms with E-state index in [-0.39, 0.29) is 46.3 Å². The van der Waals surface area contributed by atoms with Gasteiger partial charge in [-0.1, -0.05) is 311 Å². The molecule has 116 heavy (non-hydrogen) atoms. The number of aryl methyl sites for hydroxylation is 2. The van der Waals surface area contributed by atoms with E-state index in [1.165, 1.54) is 35.4 Å². The summed E-state index contributed by atoms with van der Waals surface area (Å²) in [5.41, 5.74) is 17.1. The molecule has 2 N–H and O–H groups in total.